The lowest BCUT2D eigenvalue weighted by Crippen LogP contribution is -2.10. The molecule has 132 valence electrons. The van der Waals surface area contributed by atoms with Crippen LogP contribution >= 0.6 is 0 Å². The van der Waals surface area contributed by atoms with E-state index in [4.69, 9.17) is 14.2 Å². The van der Waals surface area contributed by atoms with Gasteiger partial charge < -0.3 is 19.3 Å². The number of rotatable bonds is 1. The van der Waals surface area contributed by atoms with E-state index in [0.29, 0.717) is 38.0 Å². The van der Waals surface area contributed by atoms with E-state index >= 15 is 0 Å². The molecule has 0 amide bonds. The molecule has 0 saturated carbocycles. The average Bonchev–Trinajstić information content (AvgIpc) is 2.56. The SMILES string of the molecule is COc1cc(O)c2c(c1)OCCCCC(=O)CCCCCOC2=O. The number of hydrogen-bond acceptors (Lipinski definition) is 6. The minimum Gasteiger partial charge on any atom is -0.507 e. The second-order valence-corrected chi connectivity index (χ2v) is 5.81. The zero-order chi connectivity index (χ0) is 17.4. The summed E-state index contributed by atoms with van der Waals surface area (Å²) in [6.45, 7) is 0.595. The maximum atomic E-state index is 12.3. The number of benzene rings is 1. The number of esters is 1. The lowest BCUT2D eigenvalue weighted by Gasteiger charge is -2.14. The largest absolute Gasteiger partial charge is 0.507 e. The summed E-state index contributed by atoms with van der Waals surface area (Å²) >= 11 is 0. The molecule has 0 saturated heterocycles. The number of carbonyl (C=O) groups is 2. The van der Waals surface area contributed by atoms with Crippen molar-refractivity contribution in [3.05, 3.63) is 17.7 Å². The smallest absolute Gasteiger partial charge is 0.345 e. The Kier molecular flexibility index (Phi) is 6.90. The van der Waals surface area contributed by atoms with E-state index < -0.39 is 5.97 Å². The summed E-state index contributed by atoms with van der Waals surface area (Å²) < 4.78 is 16.0. The third kappa shape index (κ3) is 5.15. The summed E-state index contributed by atoms with van der Waals surface area (Å²) in [4.78, 5) is 24.0. The minimum absolute atomic E-state index is 0.0155. The summed E-state index contributed by atoms with van der Waals surface area (Å²) in [7, 11) is 1.47. The fourth-order valence-electron chi connectivity index (χ4n) is 2.58. The number of fused-ring (bicyclic) bond motifs is 1. The number of ether oxygens (including phenoxy) is 3. The molecule has 1 N–H and O–H groups in total. The number of ketones is 1. The monoisotopic (exact) mass is 336 g/mol. The average molecular weight is 336 g/mol. The van der Waals surface area contributed by atoms with Gasteiger partial charge >= 0.3 is 5.97 Å². The van der Waals surface area contributed by atoms with Gasteiger partial charge in [0.25, 0.3) is 0 Å². The van der Waals surface area contributed by atoms with Crippen LogP contribution in [0.1, 0.15) is 55.3 Å². The molecule has 1 aliphatic rings. The Hall–Kier alpha value is -2.24. The van der Waals surface area contributed by atoms with Gasteiger partial charge in [-0.1, -0.05) is 0 Å². The second kappa shape index (κ2) is 9.15. The second-order valence-electron chi connectivity index (χ2n) is 5.81. The molecule has 0 aromatic heterocycles. The van der Waals surface area contributed by atoms with E-state index in [0.717, 1.165) is 19.3 Å². The predicted molar refractivity (Wildman–Crippen MR) is 87.8 cm³/mol. The first-order valence-corrected chi connectivity index (χ1v) is 8.34. The predicted octanol–water partition coefficient (Wildman–Crippen LogP) is 3.25. The van der Waals surface area contributed by atoms with Crippen molar-refractivity contribution in [2.75, 3.05) is 20.3 Å². The molecule has 1 aromatic rings. The summed E-state index contributed by atoms with van der Waals surface area (Å²) in [5, 5.41) is 10.1. The van der Waals surface area contributed by atoms with E-state index in [1.807, 2.05) is 0 Å². The van der Waals surface area contributed by atoms with Crippen LogP contribution in [0.3, 0.4) is 0 Å². The van der Waals surface area contributed by atoms with Crippen LogP contribution in [0.25, 0.3) is 0 Å². The van der Waals surface area contributed by atoms with Gasteiger partial charge in [-0.15, -0.1) is 0 Å². The lowest BCUT2D eigenvalue weighted by molar-refractivity contribution is -0.119. The van der Waals surface area contributed by atoms with E-state index in [2.05, 4.69) is 0 Å². The molecule has 2 rings (SSSR count). The molecule has 0 aliphatic carbocycles. The van der Waals surface area contributed by atoms with Crippen molar-refractivity contribution >= 4 is 11.8 Å². The van der Waals surface area contributed by atoms with Crippen LogP contribution in [0.15, 0.2) is 12.1 Å². The van der Waals surface area contributed by atoms with Gasteiger partial charge in [-0.05, 0) is 32.1 Å². The number of Topliss-reactive ketones (excluding diaryl/α,β-unsaturated/α-hetero) is 1. The number of aromatic hydroxyl groups is 1. The molecule has 6 heteroatoms. The number of cyclic esters (lactones) is 1. The summed E-state index contributed by atoms with van der Waals surface area (Å²) in [6.07, 6.45) is 4.89. The third-order valence-electron chi connectivity index (χ3n) is 3.94. The first-order valence-electron chi connectivity index (χ1n) is 8.34. The van der Waals surface area contributed by atoms with Crippen molar-refractivity contribution in [2.24, 2.45) is 0 Å². The van der Waals surface area contributed by atoms with Gasteiger partial charge in [-0.2, -0.15) is 0 Å². The van der Waals surface area contributed by atoms with Crippen LogP contribution in [-0.2, 0) is 9.53 Å². The molecular formula is C18H24O6. The molecule has 0 atom stereocenters. The maximum Gasteiger partial charge on any atom is 0.345 e. The lowest BCUT2D eigenvalue weighted by atomic mass is 10.1. The number of carbonyl (C=O) groups excluding carboxylic acids is 2. The van der Waals surface area contributed by atoms with Crippen LogP contribution in [-0.4, -0.2) is 37.2 Å². The Morgan fingerprint density at radius 2 is 1.62 bits per heavy atom. The van der Waals surface area contributed by atoms with Gasteiger partial charge in [0.05, 0.1) is 20.3 Å². The third-order valence-corrected chi connectivity index (χ3v) is 3.94. The number of phenolic OH excluding ortho intramolecular Hbond substituents is 1. The van der Waals surface area contributed by atoms with Gasteiger partial charge in [0.1, 0.15) is 28.6 Å². The normalized spacial score (nSPS) is 17.7. The van der Waals surface area contributed by atoms with Gasteiger partial charge in [-0.25, -0.2) is 4.79 Å². The summed E-state index contributed by atoms with van der Waals surface area (Å²) in [5.41, 5.74) is 0.0155. The van der Waals surface area contributed by atoms with E-state index in [9.17, 15) is 14.7 Å². The van der Waals surface area contributed by atoms with Crippen LogP contribution < -0.4 is 9.47 Å². The van der Waals surface area contributed by atoms with Gasteiger partial charge in [0.15, 0.2) is 0 Å². The maximum absolute atomic E-state index is 12.3. The van der Waals surface area contributed by atoms with Crippen LogP contribution in [0, 0.1) is 0 Å². The van der Waals surface area contributed by atoms with Crippen molar-refractivity contribution in [1.82, 2.24) is 0 Å². The highest BCUT2D eigenvalue weighted by Crippen LogP contribution is 2.34. The molecule has 24 heavy (non-hydrogen) atoms. The van der Waals surface area contributed by atoms with Crippen LogP contribution in [0.2, 0.25) is 0 Å². The topological polar surface area (TPSA) is 82.1 Å². The molecule has 0 unspecified atom stereocenters. The Bertz CT molecular complexity index is 581. The van der Waals surface area contributed by atoms with Crippen molar-refractivity contribution in [1.29, 1.82) is 0 Å². The zero-order valence-corrected chi connectivity index (χ0v) is 14.0. The van der Waals surface area contributed by atoms with E-state index in [1.165, 1.54) is 13.2 Å². The Labute approximate surface area is 141 Å². The molecule has 0 bridgehead atoms. The van der Waals surface area contributed by atoms with Crippen molar-refractivity contribution < 1.29 is 28.9 Å². The first-order chi connectivity index (χ1) is 11.6. The number of methoxy groups -OCH3 is 1. The number of phenols is 1. The quantitative estimate of drug-likeness (QED) is 0.793. The molecule has 0 fully saturated rings. The Balaban J connectivity index is 2.17. The van der Waals surface area contributed by atoms with Crippen LogP contribution in [0.4, 0.5) is 0 Å². The van der Waals surface area contributed by atoms with Gasteiger partial charge in [0.2, 0.25) is 0 Å². The first kappa shape index (κ1) is 18.1. The highest BCUT2D eigenvalue weighted by atomic mass is 16.5. The molecule has 1 heterocycles. The highest BCUT2D eigenvalue weighted by molar-refractivity contribution is 5.96. The molecule has 0 spiro atoms. The fourth-order valence-corrected chi connectivity index (χ4v) is 2.58. The Morgan fingerprint density at radius 3 is 2.38 bits per heavy atom. The molecule has 6 nitrogen and oxygen atoms in total. The zero-order valence-electron chi connectivity index (χ0n) is 14.0. The molecule has 1 aromatic carbocycles. The fraction of sp³-hybridized carbons (Fsp3) is 0.556. The van der Waals surface area contributed by atoms with Gasteiger partial charge in [-0.3, -0.25) is 4.79 Å². The van der Waals surface area contributed by atoms with Crippen LogP contribution in [0.5, 0.6) is 17.2 Å². The van der Waals surface area contributed by atoms with E-state index in [1.54, 1.807) is 6.07 Å². The molecule has 0 radical (unpaired) electrons. The minimum atomic E-state index is -0.615. The van der Waals surface area contributed by atoms with Crippen molar-refractivity contribution in [2.45, 2.75) is 44.9 Å². The summed E-state index contributed by atoms with van der Waals surface area (Å²) in [6, 6.07) is 2.91. The number of hydrogen-bond donors (Lipinski definition) is 1. The summed E-state index contributed by atoms with van der Waals surface area (Å²) in [5.74, 6) is 0.0525. The standard InChI is InChI=1S/C18H24O6/c1-22-14-11-15(20)17-16(12-14)23-9-6-4-8-13(19)7-3-2-5-10-24-18(17)21/h11-12,20H,2-10H2,1H3. The molecule has 1 aliphatic heterocycles. The van der Waals surface area contributed by atoms with Crippen molar-refractivity contribution in [3.63, 3.8) is 0 Å². The Morgan fingerprint density at radius 1 is 0.958 bits per heavy atom. The molecular weight excluding hydrogens is 312 g/mol. The van der Waals surface area contributed by atoms with E-state index in [-0.39, 0.29) is 29.5 Å². The highest BCUT2D eigenvalue weighted by Gasteiger charge is 2.21. The van der Waals surface area contributed by atoms with Gasteiger partial charge in [0, 0.05) is 25.0 Å². The van der Waals surface area contributed by atoms with Crippen molar-refractivity contribution in [3.8, 4) is 17.2 Å².